The number of likely N-dealkylation sites (tertiary alicyclic amines) is 1. The first-order chi connectivity index (χ1) is 17.2. The van der Waals surface area contributed by atoms with Crippen LogP contribution < -0.4 is 4.74 Å². The van der Waals surface area contributed by atoms with E-state index in [0.29, 0.717) is 28.6 Å². The Morgan fingerprint density at radius 3 is 2.63 bits per heavy atom. The van der Waals surface area contributed by atoms with Crippen molar-refractivity contribution in [2.75, 3.05) is 13.1 Å². The Morgan fingerprint density at radius 1 is 1.06 bits per heavy atom. The molecule has 1 aliphatic heterocycles. The number of ether oxygens (including phenoxy) is 1. The van der Waals surface area contributed by atoms with Crippen LogP contribution in [0.2, 0.25) is 0 Å². The molecule has 0 unspecified atom stereocenters. The number of fused-ring (bicyclic) bond motifs is 1. The van der Waals surface area contributed by atoms with E-state index >= 15 is 0 Å². The lowest BCUT2D eigenvalue weighted by Crippen LogP contribution is -2.44. The SMILES string of the molecule is CC1CN(Cc2ccc(-c3noc(-c4ccc(OC5CCCC5)c(C#N)c4)n3)c3ccccc23)C1. The third kappa shape index (κ3) is 4.28. The van der Waals surface area contributed by atoms with Crippen LogP contribution in [0.4, 0.5) is 0 Å². The van der Waals surface area contributed by atoms with Crippen molar-refractivity contribution in [1.29, 1.82) is 5.26 Å². The molecular weight excluding hydrogens is 436 g/mol. The van der Waals surface area contributed by atoms with E-state index in [4.69, 9.17) is 14.2 Å². The summed E-state index contributed by atoms with van der Waals surface area (Å²) in [5.74, 6) is 2.35. The first kappa shape index (κ1) is 21.8. The number of benzene rings is 3. The van der Waals surface area contributed by atoms with Crippen molar-refractivity contribution in [3.63, 3.8) is 0 Å². The second kappa shape index (κ2) is 9.16. The van der Waals surface area contributed by atoms with Crippen LogP contribution in [0.15, 0.2) is 59.1 Å². The second-order valence-corrected chi connectivity index (χ2v) is 9.89. The molecule has 0 N–H and O–H groups in total. The summed E-state index contributed by atoms with van der Waals surface area (Å²) < 4.78 is 11.7. The third-order valence-corrected chi connectivity index (χ3v) is 7.16. The van der Waals surface area contributed by atoms with E-state index in [1.165, 1.54) is 23.8 Å². The minimum absolute atomic E-state index is 0.198. The monoisotopic (exact) mass is 464 g/mol. The molecule has 0 bridgehead atoms. The molecule has 1 aromatic heterocycles. The van der Waals surface area contributed by atoms with E-state index in [9.17, 15) is 5.26 Å². The summed E-state index contributed by atoms with van der Waals surface area (Å²) in [7, 11) is 0. The molecule has 0 atom stereocenters. The molecular formula is C29H28N4O2. The van der Waals surface area contributed by atoms with E-state index in [0.717, 1.165) is 49.3 Å². The van der Waals surface area contributed by atoms with E-state index in [1.54, 1.807) is 6.07 Å². The number of aromatic nitrogens is 2. The lowest BCUT2D eigenvalue weighted by molar-refractivity contribution is 0.105. The topological polar surface area (TPSA) is 75.2 Å². The highest BCUT2D eigenvalue weighted by molar-refractivity contribution is 5.97. The highest BCUT2D eigenvalue weighted by atomic mass is 16.5. The van der Waals surface area contributed by atoms with Gasteiger partial charge in [-0.2, -0.15) is 10.2 Å². The molecule has 1 saturated carbocycles. The fourth-order valence-electron chi connectivity index (χ4n) is 5.38. The fourth-order valence-corrected chi connectivity index (χ4v) is 5.38. The average Bonchev–Trinajstić information content (AvgIpc) is 3.56. The largest absolute Gasteiger partial charge is 0.489 e. The predicted octanol–water partition coefficient (Wildman–Crippen LogP) is 6.20. The van der Waals surface area contributed by atoms with Gasteiger partial charge in [0, 0.05) is 30.8 Å². The summed E-state index contributed by atoms with van der Waals surface area (Å²) in [6.07, 6.45) is 4.65. The zero-order valence-corrected chi connectivity index (χ0v) is 19.9. The Bertz CT molecular complexity index is 1410. The van der Waals surface area contributed by atoms with Crippen molar-refractivity contribution >= 4 is 10.8 Å². The Balaban J connectivity index is 1.29. The lowest BCUT2D eigenvalue weighted by atomic mass is 9.96. The summed E-state index contributed by atoms with van der Waals surface area (Å²) in [4.78, 5) is 7.18. The zero-order valence-electron chi connectivity index (χ0n) is 19.9. The van der Waals surface area contributed by atoms with Crippen molar-refractivity contribution in [3.05, 3.63) is 65.7 Å². The van der Waals surface area contributed by atoms with Crippen LogP contribution in [0.3, 0.4) is 0 Å². The van der Waals surface area contributed by atoms with Gasteiger partial charge in [-0.25, -0.2) is 0 Å². The number of hydrogen-bond acceptors (Lipinski definition) is 6. The maximum atomic E-state index is 9.69. The van der Waals surface area contributed by atoms with Gasteiger partial charge >= 0.3 is 0 Å². The molecule has 2 fully saturated rings. The van der Waals surface area contributed by atoms with Gasteiger partial charge in [0.05, 0.1) is 11.7 Å². The molecule has 0 spiro atoms. The quantitative estimate of drug-likeness (QED) is 0.338. The molecule has 4 aromatic rings. The Morgan fingerprint density at radius 2 is 1.86 bits per heavy atom. The molecule has 2 aliphatic rings. The molecule has 2 heterocycles. The van der Waals surface area contributed by atoms with Crippen LogP contribution in [0.25, 0.3) is 33.6 Å². The summed E-state index contributed by atoms with van der Waals surface area (Å²) in [6, 6.07) is 20.4. The molecule has 6 rings (SSSR count). The van der Waals surface area contributed by atoms with Crippen LogP contribution in [-0.4, -0.2) is 34.2 Å². The minimum atomic E-state index is 0.198. The van der Waals surface area contributed by atoms with E-state index in [2.05, 4.69) is 53.4 Å². The molecule has 6 heteroatoms. The maximum Gasteiger partial charge on any atom is 0.258 e. The van der Waals surface area contributed by atoms with Crippen LogP contribution in [0.5, 0.6) is 5.75 Å². The van der Waals surface area contributed by atoms with E-state index in [1.807, 2.05) is 18.2 Å². The molecule has 1 aliphatic carbocycles. The van der Waals surface area contributed by atoms with Crippen LogP contribution in [-0.2, 0) is 6.54 Å². The number of hydrogen-bond donors (Lipinski definition) is 0. The van der Waals surface area contributed by atoms with E-state index in [-0.39, 0.29) is 6.10 Å². The van der Waals surface area contributed by atoms with Gasteiger partial charge < -0.3 is 9.26 Å². The molecule has 3 aromatic carbocycles. The fraction of sp³-hybridized carbons (Fsp3) is 0.345. The maximum absolute atomic E-state index is 9.69. The Hall–Kier alpha value is -3.69. The number of rotatable bonds is 6. The van der Waals surface area contributed by atoms with Gasteiger partial charge in [0.15, 0.2) is 0 Å². The van der Waals surface area contributed by atoms with Gasteiger partial charge in [0.2, 0.25) is 5.82 Å². The molecule has 0 amide bonds. The van der Waals surface area contributed by atoms with Gasteiger partial charge in [-0.15, -0.1) is 0 Å². The first-order valence-corrected chi connectivity index (χ1v) is 12.5. The molecule has 176 valence electrons. The predicted molar refractivity (Wildman–Crippen MR) is 135 cm³/mol. The third-order valence-electron chi connectivity index (χ3n) is 7.16. The summed E-state index contributed by atoms with van der Waals surface area (Å²) in [5.41, 5.74) is 3.46. The first-order valence-electron chi connectivity index (χ1n) is 12.5. The number of nitrogens with zero attached hydrogens (tertiary/aromatic N) is 4. The lowest BCUT2D eigenvalue weighted by Gasteiger charge is -2.37. The smallest absolute Gasteiger partial charge is 0.258 e. The van der Waals surface area contributed by atoms with Crippen LogP contribution >= 0.6 is 0 Å². The van der Waals surface area contributed by atoms with Gasteiger partial charge in [-0.05, 0) is 66.1 Å². The van der Waals surface area contributed by atoms with Gasteiger partial charge in [-0.3, -0.25) is 4.90 Å². The van der Waals surface area contributed by atoms with E-state index < -0.39 is 0 Å². The number of nitriles is 1. The highest BCUT2D eigenvalue weighted by Crippen LogP contribution is 2.34. The minimum Gasteiger partial charge on any atom is -0.489 e. The normalized spacial score (nSPS) is 16.9. The summed E-state index contributed by atoms with van der Waals surface area (Å²) in [5, 5.41) is 16.3. The Kier molecular flexibility index (Phi) is 5.71. The van der Waals surface area contributed by atoms with Crippen molar-refractivity contribution in [3.8, 4) is 34.7 Å². The van der Waals surface area contributed by atoms with Gasteiger partial charge in [0.1, 0.15) is 11.8 Å². The molecule has 1 saturated heterocycles. The van der Waals surface area contributed by atoms with Crippen LogP contribution in [0.1, 0.15) is 43.7 Å². The Labute approximate surface area is 205 Å². The van der Waals surface area contributed by atoms with Crippen molar-refractivity contribution in [1.82, 2.24) is 15.0 Å². The van der Waals surface area contributed by atoms with Crippen molar-refractivity contribution < 1.29 is 9.26 Å². The van der Waals surface area contributed by atoms with Crippen molar-refractivity contribution in [2.24, 2.45) is 5.92 Å². The standard InChI is InChI=1S/C29H28N4O2/c1-19-16-33(17-19)18-21-10-12-26(25-9-5-4-8-24(21)25)28-31-29(35-32-28)20-11-13-27(22(14-20)15-30)34-23-6-2-3-7-23/h4-5,8-14,19,23H,2-3,6-7,16-18H2,1H3. The highest BCUT2D eigenvalue weighted by Gasteiger charge is 2.24. The summed E-state index contributed by atoms with van der Waals surface area (Å²) >= 11 is 0. The van der Waals surface area contributed by atoms with Gasteiger partial charge in [-0.1, -0.05) is 48.5 Å². The summed E-state index contributed by atoms with van der Waals surface area (Å²) in [6.45, 7) is 5.55. The molecule has 35 heavy (non-hydrogen) atoms. The average molecular weight is 465 g/mol. The van der Waals surface area contributed by atoms with Crippen molar-refractivity contribution in [2.45, 2.75) is 45.3 Å². The van der Waals surface area contributed by atoms with Crippen LogP contribution in [0, 0.1) is 17.2 Å². The molecule has 6 nitrogen and oxygen atoms in total. The second-order valence-electron chi connectivity index (χ2n) is 9.89. The van der Waals surface area contributed by atoms with Gasteiger partial charge in [0.25, 0.3) is 5.89 Å². The zero-order chi connectivity index (χ0) is 23.8. The molecule has 0 radical (unpaired) electrons.